The second kappa shape index (κ2) is 11.9. The van der Waals surface area contributed by atoms with Crippen molar-refractivity contribution in [2.75, 3.05) is 0 Å². The van der Waals surface area contributed by atoms with Crippen LogP contribution < -0.4 is 10.2 Å². The fraction of sp³-hybridized carbons (Fsp3) is 0.889. The number of aliphatic carboxylic acids is 2. The topological polar surface area (TPSA) is 80.3 Å². The van der Waals surface area contributed by atoms with Crippen molar-refractivity contribution >= 4 is 11.9 Å². The predicted octanol–water partition coefficient (Wildman–Crippen LogP) is 2.39. The van der Waals surface area contributed by atoms with Crippen LogP contribution in [0.2, 0.25) is 0 Å². The van der Waals surface area contributed by atoms with E-state index < -0.39 is 11.9 Å². The molecule has 0 aliphatic heterocycles. The summed E-state index contributed by atoms with van der Waals surface area (Å²) in [5, 5.41) is 20.4. The first-order chi connectivity index (χ1) is 9.62. The van der Waals surface area contributed by atoms with Gasteiger partial charge in [0.05, 0.1) is 0 Å². The van der Waals surface area contributed by atoms with Crippen LogP contribution in [0.4, 0.5) is 0 Å². The van der Waals surface area contributed by atoms with Crippen LogP contribution >= 0.6 is 0 Å². The van der Waals surface area contributed by atoms with Gasteiger partial charge in [0.1, 0.15) is 0 Å². The molecule has 0 saturated heterocycles. The van der Waals surface area contributed by atoms with Gasteiger partial charge in [-0.05, 0) is 48.3 Å². The Morgan fingerprint density at radius 2 is 0.957 bits per heavy atom. The summed E-state index contributed by atoms with van der Waals surface area (Å²) >= 11 is 0. The van der Waals surface area contributed by atoms with Gasteiger partial charge >= 0.3 is 17.4 Å². The first-order valence-corrected chi connectivity index (χ1v) is 8.02. The summed E-state index contributed by atoms with van der Waals surface area (Å²) in [7, 11) is 0. The fourth-order valence-corrected chi connectivity index (χ4v) is 2.80. The molecule has 0 amide bonds. The van der Waals surface area contributed by atoms with Crippen LogP contribution in [0.1, 0.15) is 81.1 Å². The van der Waals surface area contributed by atoms with Gasteiger partial charge in [-0.3, -0.25) is 0 Å². The van der Waals surface area contributed by atoms with Crippen molar-refractivity contribution in [2.45, 2.75) is 81.1 Å². The predicted molar refractivity (Wildman–Crippen MR) is 85.7 cm³/mol. The molecule has 0 rings (SSSR count). The Morgan fingerprint density at radius 1 is 0.739 bits per heavy atom. The molecule has 0 aliphatic carbocycles. The second-order valence-corrected chi connectivity index (χ2v) is 8.89. The fourth-order valence-electron chi connectivity index (χ4n) is 2.80. The summed E-state index contributed by atoms with van der Waals surface area (Å²) in [4.78, 5) is 20.4. The monoisotopic (exact) mass is 366 g/mol. The van der Waals surface area contributed by atoms with Crippen LogP contribution in [-0.4, -0.2) is 11.9 Å². The number of hydrogen-bond acceptors (Lipinski definition) is 4. The Kier molecular flexibility index (Phi) is 14.2. The molecule has 0 bridgehead atoms. The molecule has 0 fully saturated rings. The molecule has 0 radical (unpaired) electrons. The first-order valence-electron chi connectivity index (χ1n) is 8.02. The van der Waals surface area contributed by atoms with Crippen molar-refractivity contribution in [3.63, 3.8) is 0 Å². The Bertz CT molecular complexity index is 306. The van der Waals surface area contributed by atoms with E-state index >= 15 is 0 Å². The number of carbonyl (C=O) groups excluding carboxylic acids is 2. The second-order valence-electron chi connectivity index (χ2n) is 8.89. The van der Waals surface area contributed by atoms with Gasteiger partial charge in [-0.1, -0.05) is 55.4 Å². The Balaban J connectivity index is -0.000000333. The zero-order chi connectivity index (χ0) is 18.1. The van der Waals surface area contributed by atoms with E-state index in [0.717, 1.165) is 12.8 Å². The van der Waals surface area contributed by atoms with Crippen molar-refractivity contribution in [3.8, 4) is 0 Å². The number of carbonyl (C=O) groups is 2. The summed E-state index contributed by atoms with van der Waals surface area (Å²) in [6, 6.07) is 0. The average Bonchev–Trinajstić information content (AvgIpc) is 2.07. The molecule has 4 nitrogen and oxygen atoms in total. The van der Waals surface area contributed by atoms with Crippen LogP contribution in [0.15, 0.2) is 0 Å². The van der Waals surface area contributed by atoms with Crippen molar-refractivity contribution in [2.24, 2.45) is 22.7 Å². The summed E-state index contributed by atoms with van der Waals surface area (Å²) < 4.78 is 0. The third-order valence-corrected chi connectivity index (χ3v) is 2.95. The van der Waals surface area contributed by atoms with Crippen LogP contribution in [-0.2, 0) is 27.0 Å². The summed E-state index contributed by atoms with van der Waals surface area (Å²) in [6.07, 6.45) is 2.22. The first kappa shape index (κ1) is 27.3. The Labute approximate surface area is 153 Å². The molecule has 23 heavy (non-hydrogen) atoms. The maximum Gasteiger partial charge on any atom is 2.00 e. The minimum atomic E-state index is -0.943. The van der Waals surface area contributed by atoms with Crippen molar-refractivity contribution in [1.29, 1.82) is 0 Å². The van der Waals surface area contributed by atoms with Gasteiger partial charge < -0.3 is 19.8 Å². The van der Waals surface area contributed by atoms with Gasteiger partial charge in [-0.2, -0.15) is 0 Å². The molecular formula is C18H34CrO4. The van der Waals surface area contributed by atoms with E-state index in [9.17, 15) is 19.8 Å². The molecule has 2 atom stereocenters. The zero-order valence-corrected chi connectivity index (χ0v) is 17.3. The van der Waals surface area contributed by atoms with Gasteiger partial charge in [-0.25, -0.2) is 0 Å². The smallest absolute Gasteiger partial charge is 0.550 e. The molecule has 0 spiro atoms. The Morgan fingerprint density at radius 3 is 1.09 bits per heavy atom. The average molecular weight is 366 g/mol. The van der Waals surface area contributed by atoms with Crippen LogP contribution in [0.3, 0.4) is 0 Å². The molecule has 0 saturated carbocycles. The van der Waals surface area contributed by atoms with Crippen molar-refractivity contribution in [1.82, 2.24) is 0 Å². The third-order valence-electron chi connectivity index (χ3n) is 2.95. The number of carboxylic acids is 2. The largest absolute Gasteiger partial charge is 2.00 e. The molecule has 5 heteroatoms. The summed E-state index contributed by atoms with van der Waals surface area (Å²) in [6.45, 7) is 16.6. The van der Waals surface area contributed by atoms with Crippen LogP contribution in [0, 0.1) is 22.7 Å². The van der Waals surface area contributed by atoms with Gasteiger partial charge in [0.15, 0.2) is 0 Å². The van der Waals surface area contributed by atoms with E-state index in [0.29, 0.717) is 0 Å². The molecule has 0 N–H and O–H groups in total. The van der Waals surface area contributed by atoms with E-state index in [4.69, 9.17) is 0 Å². The molecular weight excluding hydrogens is 332 g/mol. The van der Waals surface area contributed by atoms with Gasteiger partial charge in [0.25, 0.3) is 0 Å². The number of hydrogen-bond donors (Lipinski definition) is 0. The van der Waals surface area contributed by atoms with E-state index in [1.807, 2.05) is 13.8 Å². The minimum absolute atomic E-state index is 0. The van der Waals surface area contributed by atoms with Crippen LogP contribution in [0.5, 0.6) is 0 Å². The zero-order valence-electron chi connectivity index (χ0n) is 16.0. The molecule has 0 heterocycles. The quantitative estimate of drug-likeness (QED) is 0.723. The van der Waals surface area contributed by atoms with Crippen LogP contribution in [0.25, 0.3) is 0 Å². The molecule has 0 aromatic heterocycles. The van der Waals surface area contributed by atoms with E-state index in [-0.39, 0.29) is 52.9 Å². The summed E-state index contributed by atoms with van der Waals surface area (Å²) in [5.41, 5.74) is 0.434. The van der Waals surface area contributed by atoms with Gasteiger partial charge in [-0.15, -0.1) is 0 Å². The molecule has 136 valence electrons. The van der Waals surface area contributed by atoms with Crippen molar-refractivity contribution < 1.29 is 37.2 Å². The van der Waals surface area contributed by atoms with E-state index in [1.54, 1.807) is 0 Å². The van der Waals surface area contributed by atoms with Crippen molar-refractivity contribution in [3.05, 3.63) is 0 Å². The maximum atomic E-state index is 10.2. The minimum Gasteiger partial charge on any atom is -0.550 e. The van der Waals surface area contributed by atoms with Gasteiger partial charge in [0, 0.05) is 11.9 Å². The molecule has 0 aromatic rings. The molecule has 2 unspecified atom stereocenters. The Hall–Kier alpha value is -0.528. The standard InChI is InChI=1S/2C9H18O2.Cr/c2*1-7(5-8(10)11)6-9(2,3)4;/h2*7H,5-6H2,1-4H3,(H,10,11);/q;;+2/p-2. The normalized spacial score (nSPS) is 13.9. The van der Waals surface area contributed by atoms with Gasteiger partial charge in [0.2, 0.25) is 0 Å². The number of carboxylic acid groups (broad SMARTS) is 2. The SMILES string of the molecule is CC(CC(=O)[O-])CC(C)(C)C.CC(CC(=O)[O-])CC(C)(C)C.[Cr+2]. The molecule has 0 aliphatic rings. The van der Waals surface area contributed by atoms with E-state index in [1.165, 1.54) is 0 Å². The number of rotatable bonds is 6. The molecule has 0 aromatic carbocycles. The van der Waals surface area contributed by atoms with E-state index in [2.05, 4.69) is 41.5 Å². The maximum absolute atomic E-state index is 10.2. The summed E-state index contributed by atoms with van der Waals surface area (Å²) in [5.74, 6) is -1.44. The third kappa shape index (κ3) is 26.7.